The van der Waals surface area contributed by atoms with Gasteiger partial charge in [-0.05, 0) is 36.4 Å². The van der Waals surface area contributed by atoms with Crippen molar-refractivity contribution < 1.29 is 18.7 Å². The molecule has 0 bridgehead atoms. The van der Waals surface area contributed by atoms with E-state index in [1.54, 1.807) is 18.2 Å². The topological polar surface area (TPSA) is 67.4 Å². The third kappa shape index (κ3) is 4.24. The van der Waals surface area contributed by atoms with Crippen molar-refractivity contribution in [3.8, 4) is 5.75 Å². The van der Waals surface area contributed by atoms with Gasteiger partial charge in [0.05, 0.1) is 5.02 Å². The highest BCUT2D eigenvalue weighted by Crippen LogP contribution is 2.36. The summed E-state index contributed by atoms with van der Waals surface area (Å²) >= 11 is 13.3. The Hall–Kier alpha value is -2.35. The Morgan fingerprint density at radius 2 is 1.81 bits per heavy atom. The summed E-state index contributed by atoms with van der Waals surface area (Å²) in [6.45, 7) is -0.346. The van der Waals surface area contributed by atoms with Crippen molar-refractivity contribution in [3.05, 3.63) is 63.2 Å². The van der Waals surface area contributed by atoms with Gasteiger partial charge in [0, 0.05) is 15.1 Å². The number of halogens is 3. The number of amides is 2. The molecular formula is C17H11Cl2FN2O3S. The van der Waals surface area contributed by atoms with Crippen LogP contribution in [0.15, 0.2) is 42.5 Å². The number of hydrogen-bond acceptors (Lipinski definition) is 4. The predicted molar refractivity (Wildman–Crippen MR) is 99.3 cm³/mol. The van der Waals surface area contributed by atoms with Crippen LogP contribution in [-0.4, -0.2) is 18.4 Å². The van der Waals surface area contributed by atoms with E-state index in [1.165, 1.54) is 24.3 Å². The van der Waals surface area contributed by atoms with Gasteiger partial charge in [-0.1, -0.05) is 29.3 Å². The molecule has 134 valence electrons. The molecule has 0 unspecified atom stereocenters. The van der Waals surface area contributed by atoms with Gasteiger partial charge in [-0.3, -0.25) is 20.4 Å². The molecule has 3 rings (SSSR count). The highest BCUT2D eigenvalue weighted by atomic mass is 35.5. The Morgan fingerprint density at radius 1 is 1.08 bits per heavy atom. The Labute approximate surface area is 161 Å². The monoisotopic (exact) mass is 412 g/mol. The summed E-state index contributed by atoms with van der Waals surface area (Å²) in [5.41, 5.74) is 4.50. The quantitative estimate of drug-likeness (QED) is 0.631. The van der Waals surface area contributed by atoms with Crippen LogP contribution in [0.5, 0.6) is 5.75 Å². The maximum atomic E-state index is 12.8. The first-order valence-corrected chi connectivity index (χ1v) is 8.86. The minimum absolute atomic E-state index is 0.253. The average Bonchev–Trinajstić information content (AvgIpc) is 2.95. The minimum Gasteiger partial charge on any atom is -0.484 e. The number of hydrogen-bond donors (Lipinski definition) is 2. The van der Waals surface area contributed by atoms with E-state index < -0.39 is 17.6 Å². The number of hydrazine groups is 1. The van der Waals surface area contributed by atoms with Gasteiger partial charge in [0.25, 0.3) is 11.8 Å². The van der Waals surface area contributed by atoms with E-state index in [9.17, 15) is 14.0 Å². The molecular weight excluding hydrogens is 402 g/mol. The number of benzene rings is 2. The van der Waals surface area contributed by atoms with E-state index in [0.717, 1.165) is 16.0 Å². The molecule has 0 spiro atoms. The lowest BCUT2D eigenvalue weighted by Gasteiger charge is -2.08. The van der Waals surface area contributed by atoms with Gasteiger partial charge < -0.3 is 4.74 Å². The molecule has 9 heteroatoms. The summed E-state index contributed by atoms with van der Waals surface area (Å²) < 4.78 is 18.7. The first kappa shape index (κ1) is 18.4. The summed E-state index contributed by atoms with van der Waals surface area (Å²) in [6, 6.07) is 10.3. The first-order chi connectivity index (χ1) is 12.4. The third-order valence-corrected chi connectivity index (χ3v) is 5.19. The number of nitrogens with one attached hydrogen (secondary N) is 2. The van der Waals surface area contributed by atoms with Crippen LogP contribution in [0.3, 0.4) is 0 Å². The molecule has 0 radical (unpaired) electrons. The minimum atomic E-state index is -0.581. The lowest BCUT2D eigenvalue weighted by atomic mass is 10.2. The number of carbonyl (C=O) groups is 2. The number of rotatable bonds is 4. The molecule has 5 nitrogen and oxygen atoms in total. The lowest BCUT2D eigenvalue weighted by molar-refractivity contribution is -0.123. The van der Waals surface area contributed by atoms with Crippen molar-refractivity contribution in [1.82, 2.24) is 10.9 Å². The van der Waals surface area contributed by atoms with Crippen LogP contribution in [0.25, 0.3) is 10.1 Å². The molecule has 3 aromatic rings. The van der Waals surface area contributed by atoms with Gasteiger partial charge in [0.1, 0.15) is 16.4 Å². The van der Waals surface area contributed by atoms with Gasteiger partial charge in [-0.2, -0.15) is 0 Å². The van der Waals surface area contributed by atoms with Crippen LogP contribution in [-0.2, 0) is 4.79 Å². The zero-order valence-corrected chi connectivity index (χ0v) is 15.3. The Morgan fingerprint density at radius 3 is 2.54 bits per heavy atom. The maximum absolute atomic E-state index is 12.8. The number of thiophene rings is 1. The average molecular weight is 413 g/mol. The molecule has 2 aromatic carbocycles. The number of fused-ring (bicyclic) bond motifs is 1. The second-order valence-electron chi connectivity index (χ2n) is 5.13. The molecule has 2 amide bonds. The SMILES string of the molecule is O=C(COc1ccc(F)cc1)NNC(=O)c1sc2cc(Cl)ccc2c1Cl. The normalized spacial score (nSPS) is 10.6. The van der Waals surface area contributed by atoms with E-state index in [-0.39, 0.29) is 16.5 Å². The molecule has 0 saturated heterocycles. The molecule has 26 heavy (non-hydrogen) atoms. The summed E-state index contributed by atoms with van der Waals surface area (Å²) in [5, 5.41) is 1.53. The van der Waals surface area contributed by atoms with Crippen LogP contribution in [0, 0.1) is 5.82 Å². The van der Waals surface area contributed by atoms with Gasteiger partial charge in [0.15, 0.2) is 6.61 Å². The van der Waals surface area contributed by atoms with Crippen LogP contribution in [0.2, 0.25) is 10.0 Å². The molecule has 0 aliphatic carbocycles. The molecule has 0 fully saturated rings. The second-order valence-corrected chi connectivity index (χ2v) is 7.00. The van der Waals surface area contributed by atoms with Crippen LogP contribution in [0.1, 0.15) is 9.67 Å². The second kappa shape index (κ2) is 7.90. The summed E-state index contributed by atoms with van der Waals surface area (Å²) in [4.78, 5) is 24.2. The lowest BCUT2D eigenvalue weighted by Crippen LogP contribution is -2.43. The van der Waals surface area contributed by atoms with Crippen LogP contribution < -0.4 is 15.6 Å². The highest BCUT2D eigenvalue weighted by Gasteiger charge is 2.18. The van der Waals surface area contributed by atoms with E-state index in [4.69, 9.17) is 27.9 Å². The fourth-order valence-electron chi connectivity index (χ4n) is 2.08. The summed E-state index contributed by atoms with van der Waals surface area (Å²) in [6.07, 6.45) is 0. The molecule has 1 heterocycles. The standard InChI is InChI=1S/C17H11Cl2FN2O3S/c18-9-1-6-12-13(7-9)26-16(15(12)19)17(24)22-21-14(23)8-25-11-4-2-10(20)3-5-11/h1-7H,8H2,(H,21,23)(H,22,24). The molecule has 2 N–H and O–H groups in total. The zero-order valence-electron chi connectivity index (χ0n) is 13.0. The molecule has 0 aliphatic heterocycles. The Balaban J connectivity index is 1.57. The molecule has 0 aliphatic rings. The fraction of sp³-hybridized carbons (Fsp3) is 0.0588. The van der Waals surface area contributed by atoms with Gasteiger partial charge in [-0.15, -0.1) is 11.3 Å². The smallest absolute Gasteiger partial charge is 0.281 e. The molecule has 0 atom stereocenters. The summed E-state index contributed by atoms with van der Waals surface area (Å²) in [5.74, 6) is -1.21. The number of carbonyl (C=O) groups excluding carboxylic acids is 2. The third-order valence-electron chi connectivity index (χ3n) is 3.30. The van der Waals surface area contributed by atoms with Crippen LogP contribution in [0.4, 0.5) is 4.39 Å². The van der Waals surface area contributed by atoms with E-state index in [1.807, 2.05) is 0 Å². The molecule has 1 aromatic heterocycles. The van der Waals surface area contributed by atoms with Crippen molar-refractivity contribution >= 4 is 56.4 Å². The van der Waals surface area contributed by atoms with Crippen molar-refractivity contribution in [2.45, 2.75) is 0 Å². The van der Waals surface area contributed by atoms with E-state index >= 15 is 0 Å². The fourth-order valence-corrected chi connectivity index (χ4v) is 3.77. The largest absolute Gasteiger partial charge is 0.484 e. The van der Waals surface area contributed by atoms with Gasteiger partial charge in [0.2, 0.25) is 0 Å². The van der Waals surface area contributed by atoms with Gasteiger partial charge in [-0.25, -0.2) is 4.39 Å². The van der Waals surface area contributed by atoms with Crippen LogP contribution >= 0.6 is 34.5 Å². The predicted octanol–water partition coefficient (Wildman–Crippen LogP) is 4.19. The van der Waals surface area contributed by atoms with E-state index in [2.05, 4.69) is 10.9 Å². The van der Waals surface area contributed by atoms with Crippen molar-refractivity contribution in [2.75, 3.05) is 6.61 Å². The maximum Gasteiger partial charge on any atom is 0.281 e. The Bertz CT molecular complexity index is 976. The number of ether oxygens (including phenoxy) is 1. The Kier molecular flexibility index (Phi) is 5.61. The summed E-state index contributed by atoms with van der Waals surface area (Å²) in [7, 11) is 0. The van der Waals surface area contributed by atoms with Gasteiger partial charge >= 0.3 is 0 Å². The zero-order chi connectivity index (χ0) is 18.7. The van der Waals surface area contributed by atoms with Crippen molar-refractivity contribution in [3.63, 3.8) is 0 Å². The van der Waals surface area contributed by atoms with Crippen molar-refractivity contribution in [1.29, 1.82) is 0 Å². The molecule has 0 saturated carbocycles. The highest BCUT2D eigenvalue weighted by molar-refractivity contribution is 7.21. The van der Waals surface area contributed by atoms with E-state index in [0.29, 0.717) is 16.2 Å². The van der Waals surface area contributed by atoms with Crippen molar-refractivity contribution in [2.24, 2.45) is 0 Å². The first-order valence-electron chi connectivity index (χ1n) is 7.29.